The van der Waals surface area contributed by atoms with Crippen LogP contribution >= 0.6 is 0 Å². The quantitative estimate of drug-likeness (QED) is 0.860. The lowest BCUT2D eigenvalue weighted by molar-refractivity contribution is -0.129. The first-order valence-electron chi connectivity index (χ1n) is 9.16. The Labute approximate surface area is 149 Å². The van der Waals surface area contributed by atoms with Crippen molar-refractivity contribution in [2.45, 2.75) is 45.3 Å². The van der Waals surface area contributed by atoms with Gasteiger partial charge in [-0.15, -0.1) is 0 Å². The first-order valence-corrected chi connectivity index (χ1v) is 9.16. The van der Waals surface area contributed by atoms with Crippen LogP contribution in [0.15, 0.2) is 24.3 Å². The molecule has 0 radical (unpaired) electrons. The highest BCUT2D eigenvalue weighted by molar-refractivity contribution is 5.79. The smallest absolute Gasteiger partial charge is 0.226 e. The summed E-state index contributed by atoms with van der Waals surface area (Å²) in [5.41, 5.74) is 2.16. The maximum Gasteiger partial charge on any atom is 0.226 e. The predicted octanol–water partition coefficient (Wildman–Crippen LogP) is 2.14. The second kappa shape index (κ2) is 8.00. The molecule has 3 rings (SSSR count). The molecule has 1 heterocycles. The van der Waals surface area contributed by atoms with E-state index in [2.05, 4.69) is 11.4 Å². The normalized spacial score (nSPS) is 25.5. The molecule has 0 spiro atoms. The number of nitrogens with one attached hydrogen (secondary N) is 1. The molecule has 2 aliphatic rings. The highest BCUT2D eigenvalue weighted by Gasteiger charge is 2.39. The lowest BCUT2D eigenvalue weighted by Gasteiger charge is -2.39. The van der Waals surface area contributed by atoms with Gasteiger partial charge in [-0.05, 0) is 42.2 Å². The molecule has 2 amide bonds. The largest absolute Gasteiger partial charge is 0.380 e. The Kier molecular flexibility index (Phi) is 5.74. The third-order valence-electron chi connectivity index (χ3n) is 5.48. The number of likely N-dealkylation sites (tertiary alicyclic amines) is 1. The van der Waals surface area contributed by atoms with Crippen molar-refractivity contribution in [1.29, 1.82) is 0 Å². The van der Waals surface area contributed by atoms with Gasteiger partial charge in [0.2, 0.25) is 11.8 Å². The lowest BCUT2D eigenvalue weighted by Crippen LogP contribution is -2.46. The summed E-state index contributed by atoms with van der Waals surface area (Å²) in [5, 5.41) is 2.99. The number of methoxy groups -OCH3 is 1. The summed E-state index contributed by atoms with van der Waals surface area (Å²) in [6.45, 7) is 3.88. The van der Waals surface area contributed by atoms with Crippen LogP contribution in [0.5, 0.6) is 0 Å². The van der Waals surface area contributed by atoms with E-state index in [1.54, 1.807) is 14.0 Å². The predicted molar refractivity (Wildman–Crippen MR) is 95.9 cm³/mol. The van der Waals surface area contributed by atoms with Crippen molar-refractivity contribution in [3.05, 3.63) is 35.4 Å². The third-order valence-corrected chi connectivity index (χ3v) is 5.48. The topological polar surface area (TPSA) is 58.6 Å². The summed E-state index contributed by atoms with van der Waals surface area (Å²) in [4.78, 5) is 25.7. The van der Waals surface area contributed by atoms with E-state index in [4.69, 9.17) is 4.74 Å². The molecule has 0 aromatic heterocycles. The fourth-order valence-corrected chi connectivity index (χ4v) is 4.13. The van der Waals surface area contributed by atoms with E-state index in [-0.39, 0.29) is 11.8 Å². The minimum atomic E-state index is 0.0578. The van der Waals surface area contributed by atoms with E-state index in [0.717, 1.165) is 43.5 Å². The molecule has 1 saturated carbocycles. The first-order chi connectivity index (χ1) is 12.0. The van der Waals surface area contributed by atoms with Gasteiger partial charge < -0.3 is 15.0 Å². The molecular weight excluding hydrogens is 316 g/mol. The Morgan fingerprint density at radius 2 is 2.00 bits per heavy atom. The molecule has 1 saturated heterocycles. The fourth-order valence-electron chi connectivity index (χ4n) is 4.13. The molecule has 5 heteroatoms. The van der Waals surface area contributed by atoms with Gasteiger partial charge in [0, 0.05) is 33.2 Å². The van der Waals surface area contributed by atoms with Gasteiger partial charge in [0.05, 0.1) is 13.0 Å². The van der Waals surface area contributed by atoms with Crippen LogP contribution in [0, 0.1) is 11.8 Å². The van der Waals surface area contributed by atoms with Gasteiger partial charge in [0.15, 0.2) is 0 Å². The second-order valence-electron chi connectivity index (χ2n) is 7.45. The minimum absolute atomic E-state index is 0.0578. The monoisotopic (exact) mass is 344 g/mol. The number of hydrogen-bond acceptors (Lipinski definition) is 3. The zero-order valence-electron chi connectivity index (χ0n) is 15.2. The van der Waals surface area contributed by atoms with Crippen LogP contribution in [-0.2, 0) is 27.4 Å². The van der Waals surface area contributed by atoms with Crippen molar-refractivity contribution < 1.29 is 14.3 Å². The molecule has 5 nitrogen and oxygen atoms in total. The van der Waals surface area contributed by atoms with Gasteiger partial charge in [0.25, 0.3) is 0 Å². The summed E-state index contributed by atoms with van der Waals surface area (Å²) < 4.78 is 5.16. The lowest BCUT2D eigenvalue weighted by atomic mass is 9.72. The van der Waals surface area contributed by atoms with Crippen molar-refractivity contribution in [2.75, 3.05) is 20.2 Å². The molecule has 1 N–H and O–H groups in total. The van der Waals surface area contributed by atoms with Crippen LogP contribution in [0.2, 0.25) is 0 Å². The highest BCUT2D eigenvalue weighted by Crippen LogP contribution is 2.38. The van der Waals surface area contributed by atoms with Crippen LogP contribution in [-0.4, -0.2) is 43.0 Å². The van der Waals surface area contributed by atoms with E-state index in [0.29, 0.717) is 30.9 Å². The van der Waals surface area contributed by atoms with Crippen LogP contribution in [0.1, 0.15) is 37.3 Å². The number of nitrogens with zero attached hydrogens (tertiary/aromatic N) is 1. The zero-order valence-corrected chi connectivity index (χ0v) is 15.2. The molecule has 25 heavy (non-hydrogen) atoms. The number of carbonyl (C=O) groups is 2. The highest BCUT2D eigenvalue weighted by atomic mass is 16.5. The Morgan fingerprint density at radius 1 is 1.24 bits per heavy atom. The summed E-state index contributed by atoms with van der Waals surface area (Å²) in [6, 6.07) is 8.41. The zero-order chi connectivity index (χ0) is 17.8. The van der Waals surface area contributed by atoms with E-state index < -0.39 is 0 Å². The number of benzene rings is 1. The van der Waals surface area contributed by atoms with Crippen LogP contribution < -0.4 is 5.32 Å². The van der Waals surface area contributed by atoms with E-state index >= 15 is 0 Å². The summed E-state index contributed by atoms with van der Waals surface area (Å²) in [7, 11) is 1.68. The standard InChI is InChI=1S/C20H28N2O3/c1-14(23)21-19-10-18(11-19)17-6-7-22(12-17)20(24)9-15-4-3-5-16(8-15)13-25-2/h3-5,8,17-19H,6-7,9-13H2,1-2H3,(H,21,23). The fraction of sp³-hybridized carbons (Fsp3) is 0.600. The molecule has 1 aliphatic heterocycles. The Balaban J connectivity index is 1.47. The van der Waals surface area contributed by atoms with Gasteiger partial charge in [-0.2, -0.15) is 0 Å². The summed E-state index contributed by atoms with van der Waals surface area (Å²) in [6.07, 6.45) is 3.67. The van der Waals surface area contributed by atoms with Crippen molar-refractivity contribution in [2.24, 2.45) is 11.8 Å². The molecule has 0 bridgehead atoms. The van der Waals surface area contributed by atoms with Crippen LogP contribution in [0.3, 0.4) is 0 Å². The van der Waals surface area contributed by atoms with Gasteiger partial charge in [0.1, 0.15) is 0 Å². The molecule has 2 fully saturated rings. The molecule has 1 atom stereocenters. The SMILES string of the molecule is COCc1cccc(CC(=O)N2CCC(C3CC(NC(C)=O)C3)C2)c1. The van der Waals surface area contributed by atoms with Crippen molar-refractivity contribution >= 4 is 11.8 Å². The Hall–Kier alpha value is -1.88. The average Bonchev–Trinajstić information content (AvgIpc) is 3.00. The molecule has 1 aliphatic carbocycles. The number of hydrogen-bond donors (Lipinski definition) is 1. The van der Waals surface area contributed by atoms with E-state index in [1.165, 1.54) is 0 Å². The molecule has 1 unspecified atom stereocenters. The molecule has 1 aromatic carbocycles. The van der Waals surface area contributed by atoms with Gasteiger partial charge in [-0.1, -0.05) is 24.3 Å². The summed E-state index contributed by atoms with van der Waals surface area (Å²) >= 11 is 0. The van der Waals surface area contributed by atoms with Crippen molar-refractivity contribution in [3.63, 3.8) is 0 Å². The summed E-state index contributed by atoms with van der Waals surface area (Å²) in [5.74, 6) is 1.52. The van der Waals surface area contributed by atoms with Crippen LogP contribution in [0.25, 0.3) is 0 Å². The average molecular weight is 344 g/mol. The number of ether oxygens (including phenoxy) is 1. The second-order valence-corrected chi connectivity index (χ2v) is 7.45. The Bertz CT molecular complexity index is 625. The minimum Gasteiger partial charge on any atom is -0.380 e. The molecule has 136 valence electrons. The number of amides is 2. The third kappa shape index (κ3) is 4.60. The molecular formula is C20H28N2O3. The van der Waals surface area contributed by atoms with Crippen molar-refractivity contribution in [3.8, 4) is 0 Å². The van der Waals surface area contributed by atoms with E-state index in [1.807, 2.05) is 23.1 Å². The maximum absolute atomic E-state index is 12.6. The van der Waals surface area contributed by atoms with Gasteiger partial charge in [-0.25, -0.2) is 0 Å². The Morgan fingerprint density at radius 3 is 2.72 bits per heavy atom. The van der Waals surface area contributed by atoms with Crippen molar-refractivity contribution in [1.82, 2.24) is 10.2 Å². The number of rotatable bonds is 6. The maximum atomic E-state index is 12.6. The van der Waals surface area contributed by atoms with Gasteiger partial charge in [-0.3, -0.25) is 9.59 Å². The van der Waals surface area contributed by atoms with Crippen LogP contribution in [0.4, 0.5) is 0 Å². The molecule has 1 aromatic rings. The van der Waals surface area contributed by atoms with E-state index in [9.17, 15) is 9.59 Å². The van der Waals surface area contributed by atoms with Gasteiger partial charge >= 0.3 is 0 Å². The first kappa shape index (κ1) is 17.9. The number of carbonyl (C=O) groups excluding carboxylic acids is 2.